The van der Waals surface area contributed by atoms with Gasteiger partial charge in [-0.25, -0.2) is 4.98 Å². The number of carboxylic acid groups (broad SMARTS) is 1. The van der Waals surface area contributed by atoms with Crippen molar-refractivity contribution in [2.75, 3.05) is 39.5 Å². The number of hydrogen-bond acceptors (Lipinski definition) is 8. The number of unbranched alkanes of at least 4 members (excludes halogenated alkanes) is 2. The van der Waals surface area contributed by atoms with E-state index in [1.165, 1.54) is 0 Å². The maximum atomic E-state index is 13.5. The summed E-state index contributed by atoms with van der Waals surface area (Å²) in [5.74, 6) is 0.744. The molecule has 1 amide bonds. The lowest BCUT2D eigenvalue weighted by atomic mass is 9.83. The molecule has 0 saturated carbocycles. The highest BCUT2D eigenvalue weighted by Gasteiger charge is 2.47. The summed E-state index contributed by atoms with van der Waals surface area (Å²) < 4.78 is 16.7. The number of aromatic nitrogens is 1. The van der Waals surface area contributed by atoms with Crippen LogP contribution in [0.5, 0.6) is 11.5 Å². The monoisotopic (exact) mass is 528 g/mol. The van der Waals surface area contributed by atoms with Gasteiger partial charge < -0.3 is 29.6 Å². The zero-order chi connectivity index (χ0) is 27.1. The van der Waals surface area contributed by atoms with E-state index in [0.29, 0.717) is 56.4 Å². The molecule has 10 heteroatoms. The molecule has 1 fully saturated rings. The molecule has 1 aromatic heterocycles. The fraction of sp³-hybridized carbons (Fsp3) is 0.607. The number of oxazole rings is 1. The van der Waals surface area contributed by atoms with Gasteiger partial charge in [-0.1, -0.05) is 19.4 Å². The molecule has 2 aliphatic rings. The van der Waals surface area contributed by atoms with E-state index >= 15 is 0 Å². The number of fused-ring (bicyclic) bond motifs is 1. The number of aliphatic carboxylic acids is 1. The van der Waals surface area contributed by atoms with E-state index < -0.39 is 11.9 Å². The number of carbonyl (C=O) groups is 2. The lowest BCUT2D eigenvalue weighted by Gasteiger charge is -2.29. The van der Waals surface area contributed by atoms with Gasteiger partial charge in [0.2, 0.25) is 12.7 Å². The summed E-state index contributed by atoms with van der Waals surface area (Å²) in [5, 5.41) is 10.4. The van der Waals surface area contributed by atoms with Crippen molar-refractivity contribution in [2.45, 2.75) is 64.3 Å². The van der Waals surface area contributed by atoms with Crippen molar-refractivity contribution in [1.82, 2.24) is 14.8 Å². The molecule has 38 heavy (non-hydrogen) atoms. The SMILES string of the molecule is CCCCN(CCCCN)C(=O)CN1CC(c2ccc3c(c2)OCO3)C(C(=O)O)C1CCc1ncc(C)o1. The number of benzene rings is 1. The first kappa shape index (κ1) is 27.9. The van der Waals surface area contributed by atoms with E-state index in [9.17, 15) is 14.7 Å². The van der Waals surface area contributed by atoms with Crippen LogP contribution in [0.4, 0.5) is 0 Å². The van der Waals surface area contributed by atoms with Crippen LogP contribution in [0.15, 0.2) is 28.8 Å². The summed E-state index contributed by atoms with van der Waals surface area (Å²) in [6, 6.07) is 5.27. The molecular weight excluding hydrogens is 488 g/mol. The van der Waals surface area contributed by atoms with Gasteiger partial charge in [-0.15, -0.1) is 0 Å². The number of nitrogens with zero attached hydrogens (tertiary/aromatic N) is 3. The zero-order valence-corrected chi connectivity index (χ0v) is 22.4. The van der Waals surface area contributed by atoms with Gasteiger partial charge in [0.05, 0.1) is 18.7 Å². The quantitative estimate of drug-likeness (QED) is 0.355. The zero-order valence-electron chi connectivity index (χ0n) is 22.4. The molecule has 0 bridgehead atoms. The van der Waals surface area contributed by atoms with Gasteiger partial charge >= 0.3 is 5.97 Å². The minimum atomic E-state index is -0.873. The van der Waals surface area contributed by atoms with Gasteiger partial charge in [-0.2, -0.15) is 0 Å². The second kappa shape index (κ2) is 13.1. The van der Waals surface area contributed by atoms with E-state index in [4.69, 9.17) is 19.6 Å². The normalized spacial score (nSPS) is 20.7. The minimum Gasteiger partial charge on any atom is -0.481 e. The molecule has 208 valence electrons. The number of nitrogens with two attached hydrogens (primary N) is 1. The molecular formula is C28H40N4O6. The van der Waals surface area contributed by atoms with Gasteiger partial charge in [0.1, 0.15) is 5.76 Å². The predicted octanol–water partition coefficient (Wildman–Crippen LogP) is 3.18. The smallest absolute Gasteiger partial charge is 0.308 e. The molecule has 0 radical (unpaired) electrons. The van der Waals surface area contributed by atoms with Crippen LogP contribution in [0.1, 0.15) is 62.2 Å². The molecule has 4 rings (SSSR count). The molecule has 1 saturated heterocycles. The van der Waals surface area contributed by atoms with Crippen molar-refractivity contribution < 1.29 is 28.6 Å². The number of rotatable bonds is 14. The number of hydrogen-bond donors (Lipinski definition) is 2. The first-order chi connectivity index (χ1) is 18.4. The van der Waals surface area contributed by atoms with Crippen LogP contribution >= 0.6 is 0 Å². The van der Waals surface area contributed by atoms with E-state index in [-0.39, 0.29) is 31.2 Å². The maximum Gasteiger partial charge on any atom is 0.308 e. The van der Waals surface area contributed by atoms with Gasteiger partial charge in [-0.05, 0) is 56.8 Å². The summed E-state index contributed by atoms with van der Waals surface area (Å²) in [5.41, 5.74) is 6.55. The Labute approximate surface area is 224 Å². The van der Waals surface area contributed by atoms with Crippen molar-refractivity contribution in [3.63, 3.8) is 0 Å². The Hall–Kier alpha value is -3.11. The topological polar surface area (TPSA) is 131 Å². The first-order valence-electron chi connectivity index (χ1n) is 13.7. The second-order valence-corrected chi connectivity index (χ2v) is 10.2. The van der Waals surface area contributed by atoms with Crippen LogP contribution < -0.4 is 15.2 Å². The molecule has 2 aliphatic heterocycles. The highest BCUT2D eigenvalue weighted by Crippen LogP contribution is 2.43. The van der Waals surface area contributed by atoms with Crippen molar-refractivity contribution in [1.29, 1.82) is 0 Å². The van der Waals surface area contributed by atoms with E-state index in [2.05, 4.69) is 11.9 Å². The largest absolute Gasteiger partial charge is 0.481 e. The molecule has 10 nitrogen and oxygen atoms in total. The summed E-state index contributed by atoms with van der Waals surface area (Å²) in [6.07, 6.45) is 6.34. The van der Waals surface area contributed by atoms with Crippen molar-refractivity contribution in [3.8, 4) is 11.5 Å². The summed E-state index contributed by atoms with van der Waals surface area (Å²) in [4.78, 5) is 34.5. The Balaban J connectivity index is 1.57. The standard InChI is InChI=1S/C28H40N4O6/c1-3-4-12-31(13-6-5-11-29)26(33)17-32-16-21(20-7-9-23-24(14-20)37-18-36-23)27(28(34)35)22(32)8-10-25-30-15-19(2)38-25/h7,9,14-15,21-22,27H,3-6,8,10-13,16-18,29H2,1-2H3,(H,34,35). The molecule has 3 heterocycles. The number of likely N-dealkylation sites (tertiary alicyclic amines) is 1. The van der Waals surface area contributed by atoms with Crippen molar-refractivity contribution in [3.05, 3.63) is 41.6 Å². The van der Waals surface area contributed by atoms with Crippen LogP contribution in [0.25, 0.3) is 0 Å². The number of ether oxygens (including phenoxy) is 2. The van der Waals surface area contributed by atoms with Gasteiger partial charge in [0, 0.05) is 38.0 Å². The van der Waals surface area contributed by atoms with E-state index in [1.54, 1.807) is 6.20 Å². The molecule has 3 N–H and O–H groups in total. The second-order valence-electron chi connectivity index (χ2n) is 10.2. The van der Waals surface area contributed by atoms with Crippen LogP contribution in [-0.4, -0.2) is 77.3 Å². The summed E-state index contributed by atoms with van der Waals surface area (Å²) >= 11 is 0. The fourth-order valence-electron chi connectivity index (χ4n) is 5.55. The maximum absolute atomic E-state index is 13.5. The molecule has 3 atom stereocenters. The number of carbonyl (C=O) groups excluding carboxylic acids is 1. The molecule has 1 aromatic carbocycles. The highest BCUT2D eigenvalue weighted by molar-refractivity contribution is 5.79. The Bertz CT molecular complexity index is 1090. The van der Waals surface area contributed by atoms with Gasteiger partial charge in [0.25, 0.3) is 0 Å². The third kappa shape index (κ3) is 6.66. The number of amides is 1. The summed E-state index contributed by atoms with van der Waals surface area (Å²) in [6.45, 7) is 6.69. The third-order valence-corrected chi connectivity index (χ3v) is 7.54. The highest BCUT2D eigenvalue weighted by atomic mass is 16.7. The number of aryl methyl sites for hydroxylation is 2. The Kier molecular flexibility index (Phi) is 9.63. The number of carboxylic acids is 1. The summed E-state index contributed by atoms with van der Waals surface area (Å²) in [7, 11) is 0. The van der Waals surface area contributed by atoms with Crippen LogP contribution in [-0.2, 0) is 16.0 Å². The van der Waals surface area contributed by atoms with Crippen LogP contribution in [0.3, 0.4) is 0 Å². The average molecular weight is 529 g/mol. The van der Waals surface area contributed by atoms with E-state index in [0.717, 1.165) is 37.0 Å². The van der Waals surface area contributed by atoms with Gasteiger partial charge in [0.15, 0.2) is 17.4 Å². The molecule has 0 spiro atoms. The third-order valence-electron chi connectivity index (χ3n) is 7.54. The lowest BCUT2D eigenvalue weighted by molar-refractivity contribution is -0.143. The molecule has 0 aliphatic carbocycles. The lowest BCUT2D eigenvalue weighted by Crippen LogP contribution is -2.45. The average Bonchev–Trinajstić information content (AvgIpc) is 3.62. The van der Waals surface area contributed by atoms with Crippen molar-refractivity contribution in [2.24, 2.45) is 11.7 Å². The Morgan fingerprint density at radius 3 is 2.68 bits per heavy atom. The molecule has 3 unspecified atom stereocenters. The Morgan fingerprint density at radius 2 is 1.97 bits per heavy atom. The fourth-order valence-corrected chi connectivity index (χ4v) is 5.55. The van der Waals surface area contributed by atoms with Crippen molar-refractivity contribution >= 4 is 11.9 Å². The Morgan fingerprint density at radius 1 is 1.18 bits per heavy atom. The minimum absolute atomic E-state index is 0.0305. The predicted molar refractivity (Wildman–Crippen MR) is 141 cm³/mol. The van der Waals surface area contributed by atoms with Crippen LogP contribution in [0.2, 0.25) is 0 Å². The van der Waals surface area contributed by atoms with E-state index in [1.807, 2.05) is 34.9 Å². The van der Waals surface area contributed by atoms with Gasteiger partial charge in [-0.3, -0.25) is 14.5 Å². The van der Waals surface area contributed by atoms with Crippen LogP contribution in [0, 0.1) is 12.8 Å². The molecule has 2 aromatic rings. The first-order valence-corrected chi connectivity index (χ1v) is 13.7.